The minimum absolute atomic E-state index is 0.0283. The van der Waals surface area contributed by atoms with Crippen LogP contribution in [-0.4, -0.2) is 47.1 Å². The quantitative estimate of drug-likeness (QED) is 0.841. The van der Waals surface area contributed by atoms with Crippen molar-refractivity contribution in [1.29, 1.82) is 0 Å². The van der Waals surface area contributed by atoms with Crippen molar-refractivity contribution in [2.24, 2.45) is 5.92 Å². The van der Waals surface area contributed by atoms with Crippen LogP contribution in [-0.2, 0) is 0 Å². The summed E-state index contributed by atoms with van der Waals surface area (Å²) in [6.45, 7) is 2.93. The van der Waals surface area contributed by atoms with Crippen molar-refractivity contribution >= 4 is 17.4 Å². The Labute approximate surface area is 99.0 Å². The summed E-state index contributed by atoms with van der Waals surface area (Å²) in [5.74, 6) is 0.601. The second-order valence-electron chi connectivity index (χ2n) is 4.18. The third-order valence-electron chi connectivity index (χ3n) is 2.85. The molecule has 0 saturated carbocycles. The molecule has 1 aromatic heterocycles. The van der Waals surface area contributed by atoms with Gasteiger partial charge in [-0.2, -0.15) is 0 Å². The lowest BCUT2D eigenvalue weighted by atomic mass is 9.99. The number of hydrogen-bond donors (Lipinski definition) is 1. The molecule has 1 saturated heterocycles. The van der Waals surface area contributed by atoms with Gasteiger partial charge < -0.3 is 10.2 Å². The summed E-state index contributed by atoms with van der Waals surface area (Å²) >= 11 is 1.15. The fourth-order valence-corrected chi connectivity index (χ4v) is 2.51. The van der Waals surface area contributed by atoms with Gasteiger partial charge in [0.1, 0.15) is 4.88 Å². The van der Waals surface area contributed by atoms with Crippen LogP contribution in [0.15, 0.2) is 6.20 Å². The van der Waals surface area contributed by atoms with Crippen molar-refractivity contribution in [2.45, 2.75) is 12.8 Å². The zero-order chi connectivity index (χ0) is 11.4. The van der Waals surface area contributed by atoms with Crippen LogP contribution in [0, 0.1) is 5.92 Å². The predicted octanol–water partition coefficient (Wildman–Crippen LogP) is 0.610. The van der Waals surface area contributed by atoms with Crippen LogP contribution in [0.5, 0.6) is 0 Å². The van der Waals surface area contributed by atoms with Crippen molar-refractivity contribution in [1.82, 2.24) is 19.8 Å². The molecule has 1 atom stereocenters. The number of piperidine rings is 1. The van der Waals surface area contributed by atoms with Gasteiger partial charge in [0, 0.05) is 13.6 Å². The Kier molecular flexibility index (Phi) is 3.84. The molecule has 5 nitrogen and oxygen atoms in total. The van der Waals surface area contributed by atoms with Gasteiger partial charge in [0.05, 0.1) is 6.20 Å². The van der Waals surface area contributed by atoms with Gasteiger partial charge in [-0.3, -0.25) is 4.79 Å². The Morgan fingerprint density at radius 1 is 1.75 bits per heavy atom. The van der Waals surface area contributed by atoms with Gasteiger partial charge >= 0.3 is 0 Å². The molecule has 1 amide bonds. The summed E-state index contributed by atoms with van der Waals surface area (Å²) in [7, 11) is 1.84. The molecule has 88 valence electrons. The number of carbonyl (C=O) groups is 1. The first-order chi connectivity index (χ1) is 7.77. The Balaban J connectivity index is 1.87. The molecule has 1 N–H and O–H groups in total. The Hall–Kier alpha value is -1.01. The zero-order valence-electron chi connectivity index (χ0n) is 9.35. The summed E-state index contributed by atoms with van der Waals surface area (Å²) in [6.07, 6.45) is 3.93. The largest absolute Gasteiger partial charge is 0.341 e. The summed E-state index contributed by atoms with van der Waals surface area (Å²) in [5.41, 5.74) is 0. The van der Waals surface area contributed by atoms with Gasteiger partial charge in [0.2, 0.25) is 0 Å². The molecule has 1 fully saturated rings. The van der Waals surface area contributed by atoms with E-state index in [0.29, 0.717) is 10.8 Å². The van der Waals surface area contributed by atoms with E-state index in [1.807, 2.05) is 7.05 Å². The van der Waals surface area contributed by atoms with E-state index in [1.165, 1.54) is 19.0 Å². The van der Waals surface area contributed by atoms with Gasteiger partial charge in [-0.25, -0.2) is 0 Å². The predicted molar refractivity (Wildman–Crippen MR) is 62.5 cm³/mol. The van der Waals surface area contributed by atoms with Crippen molar-refractivity contribution in [3.8, 4) is 0 Å². The summed E-state index contributed by atoms with van der Waals surface area (Å²) in [6, 6.07) is 0. The Morgan fingerprint density at radius 3 is 3.25 bits per heavy atom. The molecular formula is C10H16N4OS. The fraction of sp³-hybridized carbons (Fsp3) is 0.700. The molecule has 2 heterocycles. The van der Waals surface area contributed by atoms with Crippen molar-refractivity contribution in [3.05, 3.63) is 11.1 Å². The molecule has 0 bridgehead atoms. The molecule has 0 aromatic carbocycles. The average molecular weight is 240 g/mol. The molecule has 6 heteroatoms. The van der Waals surface area contributed by atoms with Gasteiger partial charge in [0.25, 0.3) is 5.91 Å². The third-order valence-corrected chi connectivity index (χ3v) is 3.50. The number of amides is 1. The number of hydrogen-bond acceptors (Lipinski definition) is 5. The minimum atomic E-state index is 0.0283. The molecule has 1 unspecified atom stereocenters. The smallest absolute Gasteiger partial charge is 0.266 e. The van der Waals surface area contributed by atoms with Crippen molar-refractivity contribution < 1.29 is 4.79 Å². The Bertz CT molecular complexity index is 335. The van der Waals surface area contributed by atoms with Crippen LogP contribution in [0.1, 0.15) is 22.5 Å². The Morgan fingerprint density at radius 2 is 2.62 bits per heavy atom. The van der Waals surface area contributed by atoms with E-state index < -0.39 is 0 Å². The highest BCUT2D eigenvalue weighted by molar-refractivity contribution is 7.07. The van der Waals surface area contributed by atoms with E-state index in [4.69, 9.17) is 0 Å². The maximum atomic E-state index is 11.9. The number of nitrogens with one attached hydrogen (secondary N) is 1. The van der Waals surface area contributed by atoms with E-state index in [2.05, 4.69) is 14.9 Å². The van der Waals surface area contributed by atoms with E-state index in [0.717, 1.165) is 31.2 Å². The summed E-state index contributed by atoms with van der Waals surface area (Å²) < 4.78 is 3.70. The lowest BCUT2D eigenvalue weighted by molar-refractivity contribution is 0.0769. The fourth-order valence-electron chi connectivity index (χ4n) is 2.00. The number of rotatable bonds is 3. The van der Waals surface area contributed by atoms with E-state index in [-0.39, 0.29) is 5.91 Å². The molecule has 0 spiro atoms. The maximum absolute atomic E-state index is 11.9. The molecular weight excluding hydrogens is 224 g/mol. The van der Waals surface area contributed by atoms with Crippen LogP contribution < -0.4 is 5.32 Å². The third kappa shape index (κ3) is 2.76. The number of nitrogens with zero attached hydrogens (tertiary/aromatic N) is 3. The SMILES string of the molecule is CN(CC1CCCNC1)C(=O)c1cnns1. The van der Waals surface area contributed by atoms with E-state index in [1.54, 1.807) is 4.90 Å². The number of carbonyl (C=O) groups excluding carboxylic acids is 1. The van der Waals surface area contributed by atoms with Crippen molar-refractivity contribution in [3.63, 3.8) is 0 Å². The average Bonchev–Trinajstić information content (AvgIpc) is 2.83. The first-order valence-electron chi connectivity index (χ1n) is 5.51. The summed E-state index contributed by atoms with van der Waals surface area (Å²) in [5, 5.41) is 7.03. The molecule has 1 aliphatic rings. The van der Waals surface area contributed by atoms with Gasteiger partial charge in [-0.05, 0) is 43.4 Å². The van der Waals surface area contributed by atoms with Crippen LogP contribution >= 0.6 is 11.5 Å². The lowest BCUT2D eigenvalue weighted by Gasteiger charge is -2.27. The van der Waals surface area contributed by atoms with Crippen LogP contribution in [0.4, 0.5) is 0 Å². The van der Waals surface area contributed by atoms with Crippen LogP contribution in [0.2, 0.25) is 0 Å². The maximum Gasteiger partial charge on any atom is 0.266 e. The first-order valence-corrected chi connectivity index (χ1v) is 6.28. The monoisotopic (exact) mass is 240 g/mol. The highest BCUT2D eigenvalue weighted by atomic mass is 32.1. The second-order valence-corrected chi connectivity index (χ2v) is 4.97. The topological polar surface area (TPSA) is 58.1 Å². The zero-order valence-corrected chi connectivity index (χ0v) is 10.2. The molecule has 16 heavy (non-hydrogen) atoms. The first kappa shape index (κ1) is 11.5. The van der Waals surface area contributed by atoms with Crippen LogP contribution in [0.25, 0.3) is 0 Å². The lowest BCUT2D eigenvalue weighted by Crippen LogP contribution is -2.38. The highest BCUT2D eigenvalue weighted by Gasteiger charge is 2.19. The van der Waals surface area contributed by atoms with Gasteiger partial charge in [-0.15, -0.1) is 5.10 Å². The summed E-state index contributed by atoms with van der Waals surface area (Å²) in [4.78, 5) is 14.3. The second kappa shape index (κ2) is 5.36. The van der Waals surface area contributed by atoms with E-state index >= 15 is 0 Å². The standard InChI is InChI=1S/C10H16N4OS/c1-14(7-8-3-2-4-11-5-8)10(15)9-6-12-13-16-9/h6,8,11H,2-5,7H2,1H3. The van der Waals surface area contributed by atoms with Gasteiger partial charge in [-0.1, -0.05) is 4.49 Å². The molecule has 0 aliphatic carbocycles. The van der Waals surface area contributed by atoms with Crippen molar-refractivity contribution in [2.75, 3.05) is 26.7 Å². The molecule has 1 aromatic rings. The van der Waals surface area contributed by atoms with Crippen LogP contribution in [0.3, 0.4) is 0 Å². The minimum Gasteiger partial charge on any atom is -0.341 e. The normalized spacial score (nSPS) is 20.7. The van der Waals surface area contributed by atoms with E-state index in [9.17, 15) is 4.79 Å². The highest BCUT2D eigenvalue weighted by Crippen LogP contribution is 2.13. The molecule has 2 rings (SSSR count). The number of aromatic nitrogens is 2. The van der Waals surface area contributed by atoms with Gasteiger partial charge in [0.15, 0.2) is 0 Å². The molecule has 1 aliphatic heterocycles. The molecule has 0 radical (unpaired) electrons.